The van der Waals surface area contributed by atoms with E-state index in [9.17, 15) is 23.3 Å². The molecule has 11 heteroatoms. The van der Waals surface area contributed by atoms with Crippen LogP contribution in [0.3, 0.4) is 0 Å². The van der Waals surface area contributed by atoms with E-state index in [1.54, 1.807) is 30.5 Å². The van der Waals surface area contributed by atoms with Gasteiger partial charge in [-0.3, -0.25) is 9.69 Å². The van der Waals surface area contributed by atoms with Gasteiger partial charge in [0.1, 0.15) is 23.6 Å². The molecule has 2 aliphatic rings. The number of aromatic nitrogens is 1. The van der Waals surface area contributed by atoms with E-state index >= 15 is 0 Å². The summed E-state index contributed by atoms with van der Waals surface area (Å²) in [4.78, 5) is 31.9. The van der Waals surface area contributed by atoms with Crippen molar-refractivity contribution < 1.29 is 22.7 Å². The molecule has 6 rings (SSSR count). The van der Waals surface area contributed by atoms with E-state index in [0.717, 1.165) is 47.0 Å². The lowest BCUT2D eigenvalue weighted by atomic mass is 9.81. The number of amides is 3. The summed E-state index contributed by atoms with van der Waals surface area (Å²) < 4.78 is 35.0. The number of hydrogen-bond donors (Lipinski definition) is 2. The van der Waals surface area contributed by atoms with Gasteiger partial charge in [0.15, 0.2) is 0 Å². The molecular formula is C33H33N5O5S. The van der Waals surface area contributed by atoms with Crippen molar-refractivity contribution in [1.29, 1.82) is 5.26 Å². The molecule has 44 heavy (non-hydrogen) atoms. The van der Waals surface area contributed by atoms with E-state index in [1.165, 1.54) is 18.2 Å². The Labute approximate surface area is 256 Å². The molecule has 3 aromatic carbocycles. The maximum atomic E-state index is 14.2. The first kappa shape index (κ1) is 29.4. The molecule has 1 saturated carbocycles. The van der Waals surface area contributed by atoms with Gasteiger partial charge in [-0.05, 0) is 79.6 Å². The van der Waals surface area contributed by atoms with Crippen molar-refractivity contribution in [1.82, 2.24) is 14.2 Å². The number of nitrogens with one attached hydrogen (secondary N) is 1. The fourth-order valence-corrected chi connectivity index (χ4v) is 7.90. The molecule has 3 N–H and O–H groups in total. The number of aromatic amines is 1. The molecule has 0 radical (unpaired) electrons. The van der Waals surface area contributed by atoms with Crippen LogP contribution in [0, 0.1) is 23.2 Å². The fourth-order valence-electron chi connectivity index (χ4n) is 6.36. The number of imide groups is 1. The molecule has 2 fully saturated rings. The molecule has 1 saturated heterocycles. The molecule has 3 amide bonds. The Balaban J connectivity index is 1.35. The number of hydrogen-bond acceptors (Lipinski definition) is 7. The summed E-state index contributed by atoms with van der Waals surface area (Å²) in [5.74, 6) is 0.452. The Bertz CT molecular complexity index is 1850. The Morgan fingerprint density at radius 3 is 2.52 bits per heavy atom. The minimum Gasteiger partial charge on any atom is -0.456 e. The van der Waals surface area contributed by atoms with Gasteiger partial charge in [-0.1, -0.05) is 42.8 Å². The summed E-state index contributed by atoms with van der Waals surface area (Å²) >= 11 is 0. The third-order valence-corrected chi connectivity index (χ3v) is 10.4. The van der Waals surface area contributed by atoms with Crippen molar-refractivity contribution in [3.05, 3.63) is 90.1 Å². The molecule has 1 aliphatic carbocycles. The topological polar surface area (TPSA) is 150 Å². The lowest BCUT2D eigenvalue weighted by Crippen LogP contribution is -2.42. The zero-order valence-corrected chi connectivity index (χ0v) is 24.9. The molecule has 3 atom stereocenters. The number of para-hydroxylation sites is 2. The average molecular weight is 612 g/mol. The standard InChI is InChI=1S/C33H33N5O5S/c34-18-22-7-6-8-23(15-22)21-37-32(39)30(17-25-20-36-29-12-5-4-11-28(25)29)38(33(37)40)44(41,42)27-13-14-31(24(16-27)19-35)43-26-9-2-1-3-10-26/h1-5,9-14,16,20,22-23,30,36H,6-8,15,17-18,21,34H2. The lowest BCUT2D eigenvalue weighted by molar-refractivity contribution is -0.128. The number of carbonyl (C=O) groups is 2. The Hall–Kier alpha value is -4.66. The zero-order chi connectivity index (χ0) is 30.8. The first-order chi connectivity index (χ1) is 21.3. The second-order valence-electron chi connectivity index (χ2n) is 11.4. The van der Waals surface area contributed by atoms with Crippen molar-refractivity contribution in [3.8, 4) is 17.6 Å². The molecule has 10 nitrogen and oxygen atoms in total. The van der Waals surface area contributed by atoms with Crippen molar-refractivity contribution in [2.75, 3.05) is 13.1 Å². The van der Waals surface area contributed by atoms with Gasteiger partial charge >= 0.3 is 6.03 Å². The van der Waals surface area contributed by atoms with E-state index in [2.05, 4.69) is 4.98 Å². The van der Waals surface area contributed by atoms with Crippen LogP contribution < -0.4 is 10.5 Å². The number of fused-ring (bicyclic) bond motifs is 1. The number of benzene rings is 3. The number of sulfonamides is 1. The van der Waals surface area contributed by atoms with Gasteiger partial charge in [0.05, 0.1) is 10.5 Å². The molecule has 2 heterocycles. The van der Waals surface area contributed by atoms with Crippen molar-refractivity contribution >= 4 is 32.9 Å². The Morgan fingerprint density at radius 1 is 1.00 bits per heavy atom. The van der Waals surface area contributed by atoms with Crippen LogP contribution in [0.15, 0.2) is 83.9 Å². The Morgan fingerprint density at radius 2 is 1.75 bits per heavy atom. The van der Waals surface area contributed by atoms with Crippen LogP contribution in [0.1, 0.15) is 36.8 Å². The van der Waals surface area contributed by atoms with Crippen LogP contribution in [0.4, 0.5) is 4.79 Å². The van der Waals surface area contributed by atoms with Gasteiger partial charge in [-0.25, -0.2) is 17.5 Å². The monoisotopic (exact) mass is 611 g/mol. The maximum absolute atomic E-state index is 14.2. The molecular weight excluding hydrogens is 578 g/mol. The van der Waals surface area contributed by atoms with Gasteiger partial charge in [-0.15, -0.1) is 0 Å². The second-order valence-corrected chi connectivity index (χ2v) is 13.2. The van der Waals surface area contributed by atoms with E-state index in [4.69, 9.17) is 10.5 Å². The van der Waals surface area contributed by atoms with Crippen LogP contribution in [0.2, 0.25) is 0 Å². The van der Waals surface area contributed by atoms with Gasteiger partial charge in [0.2, 0.25) is 0 Å². The minimum atomic E-state index is -4.55. The first-order valence-electron chi connectivity index (χ1n) is 14.7. The molecule has 1 aromatic heterocycles. The van der Waals surface area contributed by atoms with Crippen molar-refractivity contribution in [2.24, 2.45) is 17.6 Å². The van der Waals surface area contributed by atoms with Crippen LogP contribution >= 0.6 is 0 Å². The quantitative estimate of drug-likeness (QED) is 0.248. The van der Waals surface area contributed by atoms with Gasteiger partial charge in [0, 0.05) is 30.1 Å². The highest BCUT2D eigenvalue weighted by atomic mass is 32.2. The molecule has 3 unspecified atom stereocenters. The fraction of sp³-hybridized carbons (Fsp3) is 0.303. The number of rotatable bonds is 9. The van der Waals surface area contributed by atoms with Crippen LogP contribution in [0.5, 0.6) is 11.5 Å². The summed E-state index contributed by atoms with van der Waals surface area (Å²) in [6.07, 6.45) is 5.30. The number of nitriles is 1. The third-order valence-electron chi connectivity index (χ3n) is 8.61. The van der Waals surface area contributed by atoms with Crippen LogP contribution in [-0.2, 0) is 21.2 Å². The molecule has 4 aromatic rings. The van der Waals surface area contributed by atoms with E-state index in [-0.39, 0.29) is 35.1 Å². The zero-order valence-electron chi connectivity index (χ0n) is 24.1. The number of carbonyl (C=O) groups excluding carboxylic acids is 2. The summed E-state index contributed by atoms with van der Waals surface area (Å²) in [6.45, 7) is 0.672. The van der Waals surface area contributed by atoms with E-state index in [0.29, 0.717) is 22.5 Å². The maximum Gasteiger partial charge on any atom is 0.341 e. The van der Waals surface area contributed by atoms with Gasteiger partial charge < -0.3 is 15.5 Å². The van der Waals surface area contributed by atoms with E-state index in [1.807, 2.05) is 36.4 Å². The van der Waals surface area contributed by atoms with Crippen molar-refractivity contribution in [3.63, 3.8) is 0 Å². The highest BCUT2D eigenvalue weighted by Gasteiger charge is 2.52. The predicted octanol–water partition coefficient (Wildman–Crippen LogP) is 5.16. The number of nitrogens with two attached hydrogens (primary N) is 1. The van der Waals surface area contributed by atoms with Crippen LogP contribution in [-0.4, -0.2) is 53.7 Å². The molecule has 226 valence electrons. The third kappa shape index (κ3) is 5.54. The Kier molecular flexibility index (Phi) is 8.12. The molecule has 1 aliphatic heterocycles. The summed E-state index contributed by atoms with van der Waals surface area (Å²) in [5, 5.41) is 10.7. The molecule has 0 bridgehead atoms. The normalized spacial score (nSPS) is 20.7. The smallest absolute Gasteiger partial charge is 0.341 e. The van der Waals surface area contributed by atoms with E-state index < -0.39 is 28.0 Å². The van der Waals surface area contributed by atoms with Crippen LogP contribution in [0.25, 0.3) is 10.9 Å². The SMILES string of the molecule is N#Cc1cc(S(=O)(=O)N2C(=O)N(CC3CCCC(CN)C3)C(=O)C2Cc2c[nH]c3ccccc23)ccc1Oc1ccccc1. The highest BCUT2D eigenvalue weighted by Crippen LogP contribution is 2.35. The number of ether oxygens (including phenoxy) is 1. The number of nitrogens with zero attached hydrogens (tertiary/aromatic N) is 3. The average Bonchev–Trinajstić information content (AvgIpc) is 3.56. The number of H-pyrrole nitrogens is 1. The summed E-state index contributed by atoms with van der Waals surface area (Å²) in [6, 6.07) is 20.0. The largest absolute Gasteiger partial charge is 0.456 e. The number of urea groups is 1. The lowest BCUT2D eigenvalue weighted by Gasteiger charge is -2.30. The molecule has 0 spiro atoms. The van der Waals surface area contributed by atoms with Crippen molar-refractivity contribution in [2.45, 2.75) is 43.0 Å². The summed E-state index contributed by atoms with van der Waals surface area (Å²) in [5.41, 5.74) is 7.46. The van der Waals surface area contributed by atoms with Gasteiger partial charge in [-0.2, -0.15) is 5.26 Å². The second kappa shape index (κ2) is 12.1. The predicted molar refractivity (Wildman–Crippen MR) is 164 cm³/mol. The highest BCUT2D eigenvalue weighted by molar-refractivity contribution is 7.89. The summed E-state index contributed by atoms with van der Waals surface area (Å²) in [7, 11) is -4.55. The minimum absolute atomic E-state index is 0.000712. The van der Waals surface area contributed by atoms with Gasteiger partial charge in [0.25, 0.3) is 15.9 Å². The first-order valence-corrected chi connectivity index (χ1v) is 16.2.